The highest BCUT2D eigenvalue weighted by atomic mass is 16.5. The molecule has 1 aliphatic carbocycles. The van der Waals surface area contributed by atoms with Gasteiger partial charge in [0.1, 0.15) is 11.7 Å². The van der Waals surface area contributed by atoms with Crippen molar-refractivity contribution in [1.29, 1.82) is 0 Å². The number of allylic oxidation sites excluding steroid dienone is 3. The van der Waals surface area contributed by atoms with Crippen LogP contribution in [-0.4, -0.2) is 63.0 Å². The second-order valence-electron chi connectivity index (χ2n) is 8.89. The summed E-state index contributed by atoms with van der Waals surface area (Å²) in [4.78, 5) is 11.6. The SMILES string of the molecule is CCC1C=CC(=O)OC1C=CC(O)(CCN)C(O)CC(O)C=CC=CC1CCCC(O)C1. The van der Waals surface area contributed by atoms with Crippen LogP contribution in [0.5, 0.6) is 0 Å². The van der Waals surface area contributed by atoms with Crippen LogP contribution < -0.4 is 5.73 Å². The molecule has 7 atom stereocenters. The maximum atomic E-state index is 11.6. The monoisotopic (exact) mass is 449 g/mol. The average molecular weight is 450 g/mol. The molecule has 0 spiro atoms. The number of hydrogen-bond donors (Lipinski definition) is 5. The van der Waals surface area contributed by atoms with E-state index in [1.807, 2.05) is 19.1 Å². The van der Waals surface area contributed by atoms with E-state index in [9.17, 15) is 25.2 Å². The summed E-state index contributed by atoms with van der Waals surface area (Å²) in [6.07, 6.45) is 14.9. The van der Waals surface area contributed by atoms with Crippen LogP contribution in [0, 0.1) is 11.8 Å². The maximum Gasteiger partial charge on any atom is 0.331 e. The lowest BCUT2D eigenvalue weighted by Crippen LogP contribution is -2.44. The summed E-state index contributed by atoms with van der Waals surface area (Å²) in [6.45, 7) is 2.12. The summed E-state index contributed by atoms with van der Waals surface area (Å²) < 4.78 is 5.33. The molecule has 0 radical (unpaired) electrons. The molecule has 7 unspecified atom stereocenters. The standard InChI is InChI=1S/C25H39NO6/c1-2-19-10-11-24(30)32-22(19)12-13-25(31,14-15-26)23(29)17-21(28)8-4-3-6-18-7-5-9-20(27)16-18/h3-4,6,8,10-13,18-23,27-29,31H,2,5,7,9,14-17,26H2,1H3. The van der Waals surface area contributed by atoms with Gasteiger partial charge in [-0.3, -0.25) is 0 Å². The molecule has 1 heterocycles. The van der Waals surface area contributed by atoms with E-state index in [4.69, 9.17) is 10.5 Å². The van der Waals surface area contributed by atoms with Crippen molar-refractivity contribution in [3.63, 3.8) is 0 Å². The summed E-state index contributed by atoms with van der Waals surface area (Å²) in [6, 6.07) is 0. The Hall–Kier alpha value is -1.77. The molecule has 180 valence electrons. The normalized spacial score (nSPS) is 30.6. The molecular weight excluding hydrogens is 410 g/mol. The van der Waals surface area contributed by atoms with Crippen molar-refractivity contribution in [2.45, 2.75) is 81.9 Å². The van der Waals surface area contributed by atoms with Gasteiger partial charge >= 0.3 is 5.97 Å². The van der Waals surface area contributed by atoms with Crippen LogP contribution in [0.4, 0.5) is 0 Å². The average Bonchev–Trinajstić information content (AvgIpc) is 2.75. The minimum atomic E-state index is -1.65. The molecule has 0 aromatic carbocycles. The first-order valence-corrected chi connectivity index (χ1v) is 11.7. The van der Waals surface area contributed by atoms with Gasteiger partial charge in [-0.25, -0.2) is 4.79 Å². The number of hydrogen-bond acceptors (Lipinski definition) is 7. The first kappa shape index (κ1) is 26.5. The molecule has 0 amide bonds. The first-order valence-electron chi connectivity index (χ1n) is 11.7. The number of ether oxygens (including phenoxy) is 1. The molecule has 2 aliphatic rings. The van der Waals surface area contributed by atoms with E-state index in [0.29, 0.717) is 5.92 Å². The third kappa shape index (κ3) is 8.30. The van der Waals surface area contributed by atoms with E-state index in [1.54, 1.807) is 24.3 Å². The Kier molecular flexibility index (Phi) is 10.8. The molecule has 0 aromatic rings. The van der Waals surface area contributed by atoms with E-state index in [2.05, 4.69) is 0 Å². The summed E-state index contributed by atoms with van der Waals surface area (Å²) in [7, 11) is 0. The highest BCUT2D eigenvalue weighted by Gasteiger charge is 2.34. The van der Waals surface area contributed by atoms with E-state index in [0.717, 1.165) is 32.1 Å². The second-order valence-corrected chi connectivity index (χ2v) is 8.89. The quantitative estimate of drug-likeness (QED) is 0.185. The Labute approximate surface area is 191 Å². The fourth-order valence-corrected chi connectivity index (χ4v) is 4.28. The highest BCUT2D eigenvalue weighted by molar-refractivity contribution is 5.83. The Bertz CT molecular complexity index is 703. The van der Waals surface area contributed by atoms with E-state index in [1.165, 1.54) is 12.2 Å². The fraction of sp³-hybridized carbons (Fsp3) is 0.640. The molecule has 0 saturated heterocycles. The third-order valence-corrected chi connectivity index (χ3v) is 6.30. The minimum absolute atomic E-state index is 0.00573. The van der Waals surface area contributed by atoms with Crippen LogP contribution in [-0.2, 0) is 9.53 Å². The van der Waals surface area contributed by atoms with Crippen molar-refractivity contribution < 1.29 is 30.0 Å². The summed E-state index contributed by atoms with van der Waals surface area (Å²) >= 11 is 0. The van der Waals surface area contributed by atoms with Gasteiger partial charge in [-0.15, -0.1) is 0 Å². The predicted molar refractivity (Wildman–Crippen MR) is 123 cm³/mol. The fourth-order valence-electron chi connectivity index (χ4n) is 4.28. The van der Waals surface area contributed by atoms with Crippen molar-refractivity contribution in [2.24, 2.45) is 17.6 Å². The van der Waals surface area contributed by atoms with Crippen LogP contribution in [0.25, 0.3) is 0 Å². The van der Waals surface area contributed by atoms with Gasteiger partial charge in [0.2, 0.25) is 0 Å². The van der Waals surface area contributed by atoms with Gasteiger partial charge in [-0.05, 0) is 50.6 Å². The lowest BCUT2D eigenvalue weighted by molar-refractivity contribution is -0.143. The Morgan fingerprint density at radius 3 is 2.75 bits per heavy atom. The summed E-state index contributed by atoms with van der Waals surface area (Å²) in [5, 5.41) is 41.7. The lowest BCUT2D eigenvalue weighted by Gasteiger charge is -2.32. The number of aliphatic hydroxyl groups excluding tert-OH is 3. The maximum absolute atomic E-state index is 11.6. The van der Waals surface area contributed by atoms with Crippen LogP contribution >= 0.6 is 0 Å². The minimum Gasteiger partial charge on any atom is -0.454 e. The molecule has 0 bridgehead atoms. The topological polar surface area (TPSA) is 133 Å². The van der Waals surface area contributed by atoms with Gasteiger partial charge in [-0.2, -0.15) is 0 Å². The molecule has 1 aliphatic heterocycles. The molecule has 1 fully saturated rings. The van der Waals surface area contributed by atoms with Gasteiger partial charge in [-0.1, -0.05) is 49.8 Å². The Balaban J connectivity index is 1.94. The Morgan fingerprint density at radius 1 is 1.28 bits per heavy atom. The van der Waals surface area contributed by atoms with Crippen molar-refractivity contribution in [3.8, 4) is 0 Å². The first-order chi connectivity index (χ1) is 15.3. The van der Waals surface area contributed by atoms with Gasteiger partial charge in [0.15, 0.2) is 0 Å². The molecule has 6 N–H and O–H groups in total. The van der Waals surface area contributed by atoms with E-state index in [-0.39, 0.29) is 31.4 Å². The van der Waals surface area contributed by atoms with Crippen molar-refractivity contribution in [2.75, 3.05) is 6.54 Å². The van der Waals surface area contributed by atoms with Gasteiger partial charge < -0.3 is 30.9 Å². The van der Waals surface area contributed by atoms with Crippen LogP contribution in [0.15, 0.2) is 48.6 Å². The third-order valence-electron chi connectivity index (χ3n) is 6.30. The molecule has 0 aromatic heterocycles. The van der Waals surface area contributed by atoms with Crippen molar-refractivity contribution >= 4 is 5.97 Å². The van der Waals surface area contributed by atoms with E-state index < -0.39 is 29.9 Å². The molecule has 7 nitrogen and oxygen atoms in total. The molecule has 7 heteroatoms. The van der Waals surface area contributed by atoms with Crippen LogP contribution in [0.2, 0.25) is 0 Å². The molecule has 1 saturated carbocycles. The molecular formula is C25H39NO6. The zero-order chi connectivity index (χ0) is 23.6. The lowest BCUT2D eigenvalue weighted by atomic mass is 9.86. The number of carbonyl (C=O) groups excluding carboxylic acids is 1. The zero-order valence-corrected chi connectivity index (χ0v) is 18.9. The number of rotatable bonds is 11. The van der Waals surface area contributed by atoms with Crippen molar-refractivity contribution in [1.82, 2.24) is 0 Å². The number of nitrogens with two attached hydrogens (primary N) is 1. The summed E-state index contributed by atoms with van der Waals surface area (Å²) in [5.41, 5.74) is 3.99. The highest BCUT2D eigenvalue weighted by Crippen LogP contribution is 2.26. The number of aliphatic hydroxyl groups is 4. The Morgan fingerprint density at radius 2 is 2.06 bits per heavy atom. The smallest absolute Gasteiger partial charge is 0.331 e. The van der Waals surface area contributed by atoms with Crippen LogP contribution in [0.1, 0.15) is 51.9 Å². The number of carbonyl (C=O) groups is 1. The van der Waals surface area contributed by atoms with Gasteiger partial charge in [0, 0.05) is 18.4 Å². The van der Waals surface area contributed by atoms with Gasteiger partial charge in [0.05, 0.1) is 18.3 Å². The molecule has 2 rings (SSSR count). The van der Waals surface area contributed by atoms with Gasteiger partial charge in [0.25, 0.3) is 0 Å². The number of esters is 1. The second kappa shape index (κ2) is 13.1. The van der Waals surface area contributed by atoms with E-state index >= 15 is 0 Å². The largest absolute Gasteiger partial charge is 0.454 e. The van der Waals surface area contributed by atoms with Crippen LogP contribution in [0.3, 0.4) is 0 Å². The van der Waals surface area contributed by atoms with Crippen molar-refractivity contribution in [3.05, 3.63) is 48.6 Å². The zero-order valence-electron chi connectivity index (χ0n) is 18.9. The number of cyclic esters (lactones) is 1. The molecule has 32 heavy (non-hydrogen) atoms. The summed E-state index contributed by atoms with van der Waals surface area (Å²) in [5.74, 6) is -0.112. The predicted octanol–water partition coefficient (Wildman–Crippen LogP) is 1.91.